The number of anilines is 1. The third kappa shape index (κ3) is 5.06. The highest BCUT2D eigenvalue weighted by Gasteiger charge is 2.58. The molecule has 1 saturated heterocycles. The predicted octanol–water partition coefficient (Wildman–Crippen LogP) is 5.13. The monoisotopic (exact) mass is 442 g/mol. The van der Waals surface area contributed by atoms with Crippen LogP contribution in [0, 0.1) is 25.2 Å². The highest BCUT2D eigenvalue weighted by atomic mass is 16.5. The summed E-state index contributed by atoms with van der Waals surface area (Å²) < 4.78 is 5.67. The van der Waals surface area contributed by atoms with Crippen LogP contribution in [0.5, 0.6) is 11.8 Å². The average molecular weight is 443 g/mol. The van der Waals surface area contributed by atoms with Gasteiger partial charge in [0.2, 0.25) is 5.91 Å². The molecular weight excluding hydrogens is 412 g/mol. The van der Waals surface area contributed by atoms with E-state index in [-0.39, 0.29) is 17.2 Å². The number of likely N-dealkylation sites (tertiary alicyclic amines) is 1. The van der Waals surface area contributed by atoms with E-state index in [1.165, 1.54) is 16.7 Å². The standard InChI is InChI=1S/C27H30N4O2/c1-19-14-20(2)16-22(15-19)30-25(32)24-17-27(24)8-12-31(13-9-27)18-21-4-6-23(7-5-21)33-26-28-10-3-11-29-26/h3-7,10-11,14-16,24H,8-9,12-13,17-18H2,1-2H3,(H,30,32). The fourth-order valence-electron chi connectivity index (χ4n) is 5.07. The molecule has 1 N–H and O–H groups in total. The van der Waals surface area contributed by atoms with Crippen LogP contribution in [0.1, 0.15) is 36.0 Å². The van der Waals surface area contributed by atoms with Gasteiger partial charge in [-0.3, -0.25) is 9.69 Å². The number of nitrogens with zero attached hydrogens (tertiary/aromatic N) is 3. The second-order valence-corrected chi connectivity index (χ2v) is 9.54. The second kappa shape index (κ2) is 8.94. The molecule has 0 bridgehead atoms. The summed E-state index contributed by atoms with van der Waals surface area (Å²) in [5, 5.41) is 3.16. The van der Waals surface area contributed by atoms with E-state index in [1.807, 2.05) is 24.3 Å². The van der Waals surface area contributed by atoms with E-state index < -0.39 is 0 Å². The van der Waals surface area contributed by atoms with Gasteiger partial charge < -0.3 is 10.1 Å². The van der Waals surface area contributed by atoms with E-state index in [0.29, 0.717) is 6.01 Å². The van der Waals surface area contributed by atoms with Gasteiger partial charge in [0.25, 0.3) is 0 Å². The number of hydrogen-bond acceptors (Lipinski definition) is 5. The number of carbonyl (C=O) groups is 1. The maximum atomic E-state index is 12.9. The Morgan fingerprint density at radius 1 is 1.06 bits per heavy atom. The van der Waals surface area contributed by atoms with Gasteiger partial charge in [0.05, 0.1) is 0 Å². The largest absolute Gasteiger partial charge is 0.424 e. The number of benzene rings is 2. The SMILES string of the molecule is Cc1cc(C)cc(NC(=O)C2CC23CCN(Cc2ccc(Oc4ncccn4)cc2)CC3)c1. The fraction of sp³-hybridized carbons (Fsp3) is 0.370. The first kappa shape index (κ1) is 21.6. The first-order valence-electron chi connectivity index (χ1n) is 11.6. The Morgan fingerprint density at radius 3 is 2.39 bits per heavy atom. The van der Waals surface area contributed by atoms with Gasteiger partial charge in [-0.1, -0.05) is 18.2 Å². The van der Waals surface area contributed by atoms with Crippen molar-refractivity contribution in [2.24, 2.45) is 11.3 Å². The molecule has 6 heteroatoms. The van der Waals surface area contributed by atoms with Gasteiger partial charge in [-0.25, -0.2) is 9.97 Å². The minimum absolute atomic E-state index is 0.150. The normalized spacial score (nSPS) is 19.3. The summed E-state index contributed by atoms with van der Waals surface area (Å²) in [7, 11) is 0. The first-order valence-corrected chi connectivity index (χ1v) is 11.6. The second-order valence-electron chi connectivity index (χ2n) is 9.54. The van der Waals surface area contributed by atoms with E-state index >= 15 is 0 Å². The molecule has 2 fully saturated rings. The molecule has 33 heavy (non-hydrogen) atoms. The lowest BCUT2D eigenvalue weighted by molar-refractivity contribution is -0.118. The van der Waals surface area contributed by atoms with Crippen molar-refractivity contribution in [3.63, 3.8) is 0 Å². The number of rotatable bonds is 6. The van der Waals surface area contributed by atoms with Gasteiger partial charge in [0.1, 0.15) is 5.75 Å². The van der Waals surface area contributed by atoms with Crippen LogP contribution in [0.4, 0.5) is 5.69 Å². The summed E-state index contributed by atoms with van der Waals surface area (Å²) in [5.41, 5.74) is 4.73. The molecule has 170 valence electrons. The third-order valence-electron chi connectivity index (χ3n) is 6.93. The lowest BCUT2D eigenvalue weighted by atomic mass is 9.90. The minimum atomic E-state index is 0.150. The zero-order valence-electron chi connectivity index (χ0n) is 19.3. The van der Waals surface area contributed by atoms with Crippen LogP contribution in [-0.4, -0.2) is 33.9 Å². The molecule has 6 nitrogen and oxygen atoms in total. The maximum absolute atomic E-state index is 12.9. The topological polar surface area (TPSA) is 67.4 Å². The van der Waals surface area contributed by atoms with Crippen LogP contribution in [0.15, 0.2) is 60.9 Å². The van der Waals surface area contributed by atoms with Crippen molar-refractivity contribution >= 4 is 11.6 Å². The summed E-state index contributed by atoms with van der Waals surface area (Å²) in [6, 6.07) is 16.5. The number of carbonyl (C=O) groups excluding carboxylic acids is 1. The Hall–Kier alpha value is -3.25. The number of nitrogens with one attached hydrogen (secondary N) is 1. The number of amides is 1. The number of aromatic nitrogens is 2. The van der Waals surface area contributed by atoms with Gasteiger partial charge >= 0.3 is 6.01 Å². The molecule has 1 saturated carbocycles. The number of aryl methyl sites for hydroxylation is 2. The van der Waals surface area contributed by atoms with E-state index in [2.05, 4.69) is 52.2 Å². The van der Waals surface area contributed by atoms with Crippen molar-refractivity contribution < 1.29 is 9.53 Å². The molecule has 1 amide bonds. The smallest absolute Gasteiger partial charge is 0.321 e. The van der Waals surface area contributed by atoms with Crippen LogP contribution < -0.4 is 10.1 Å². The predicted molar refractivity (Wildman–Crippen MR) is 128 cm³/mol. The fourth-order valence-corrected chi connectivity index (χ4v) is 5.07. The van der Waals surface area contributed by atoms with Crippen molar-refractivity contribution in [1.29, 1.82) is 0 Å². The Kier molecular flexibility index (Phi) is 5.85. The molecule has 1 aliphatic heterocycles. The van der Waals surface area contributed by atoms with Crippen LogP contribution in [0.2, 0.25) is 0 Å². The lowest BCUT2D eigenvalue weighted by Crippen LogP contribution is -2.35. The Morgan fingerprint density at radius 2 is 1.73 bits per heavy atom. The summed E-state index contributed by atoms with van der Waals surface area (Å²) in [4.78, 5) is 23.5. The number of ether oxygens (including phenoxy) is 1. The summed E-state index contributed by atoms with van der Waals surface area (Å²) in [6.45, 7) is 7.11. The van der Waals surface area contributed by atoms with Crippen LogP contribution in [0.3, 0.4) is 0 Å². The Balaban J connectivity index is 1.11. The molecule has 1 aromatic heterocycles. The molecule has 1 atom stereocenters. The minimum Gasteiger partial charge on any atom is -0.424 e. The zero-order valence-corrected chi connectivity index (χ0v) is 19.3. The van der Waals surface area contributed by atoms with Crippen molar-refractivity contribution in [2.45, 2.75) is 39.7 Å². The maximum Gasteiger partial charge on any atom is 0.321 e. The Labute approximate surface area is 195 Å². The average Bonchev–Trinajstić information content (AvgIpc) is 3.50. The molecule has 2 heterocycles. The van der Waals surface area contributed by atoms with Crippen LogP contribution in [-0.2, 0) is 11.3 Å². The summed E-state index contributed by atoms with van der Waals surface area (Å²) in [5.74, 6) is 1.07. The molecule has 1 aliphatic carbocycles. The highest BCUT2D eigenvalue weighted by molar-refractivity contribution is 5.95. The van der Waals surface area contributed by atoms with Gasteiger partial charge in [-0.2, -0.15) is 0 Å². The van der Waals surface area contributed by atoms with Gasteiger partial charge in [0, 0.05) is 30.5 Å². The molecule has 3 aromatic rings. The highest BCUT2D eigenvalue weighted by Crippen LogP contribution is 2.59. The van der Waals surface area contributed by atoms with Crippen molar-refractivity contribution in [3.05, 3.63) is 77.6 Å². The number of piperidine rings is 1. The zero-order chi connectivity index (χ0) is 22.8. The van der Waals surface area contributed by atoms with Crippen molar-refractivity contribution in [1.82, 2.24) is 14.9 Å². The van der Waals surface area contributed by atoms with Crippen LogP contribution in [0.25, 0.3) is 0 Å². The molecule has 0 radical (unpaired) electrons. The van der Waals surface area contributed by atoms with E-state index in [1.54, 1.807) is 18.5 Å². The molecule has 5 rings (SSSR count). The van der Waals surface area contributed by atoms with Crippen LogP contribution >= 0.6 is 0 Å². The van der Waals surface area contributed by atoms with E-state index in [4.69, 9.17) is 4.74 Å². The first-order chi connectivity index (χ1) is 16.0. The molecule has 2 aliphatic rings. The Bertz CT molecular complexity index is 1100. The molecular formula is C27H30N4O2. The molecule has 1 unspecified atom stereocenters. The van der Waals surface area contributed by atoms with Crippen molar-refractivity contribution in [2.75, 3.05) is 18.4 Å². The van der Waals surface area contributed by atoms with Gasteiger partial charge in [-0.05, 0) is 98.6 Å². The van der Waals surface area contributed by atoms with Gasteiger partial charge in [-0.15, -0.1) is 0 Å². The quantitative estimate of drug-likeness (QED) is 0.573. The van der Waals surface area contributed by atoms with Crippen molar-refractivity contribution in [3.8, 4) is 11.8 Å². The summed E-state index contributed by atoms with van der Waals surface area (Å²) >= 11 is 0. The van der Waals surface area contributed by atoms with E-state index in [0.717, 1.165) is 50.3 Å². The molecule has 1 spiro atoms. The summed E-state index contributed by atoms with van der Waals surface area (Å²) in [6.07, 6.45) is 6.52. The lowest BCUT2D eigenvalue weighted by Gasteiger charge is -2.32. The number of hydrogen-bond donors (Lipinski definition) is 1. The molecule has 2 aromatic carbocycles. The third-order valence-corrected chi connectivity index (χ3v) is 6.93. The van der Waals surface area contributed by atoms with Gasteiger partial charge in [0.15, 0.2) is 0 Å². The van der Waals surface area contributed by atoms with E-state index in [9.17, 15) is 4.79 Å².